The zero-order valence-corrected chi connectivity index (χ0v) is 19.6. The second-order valence-corrected chi connectivity index (χ2v) is 9.75. The summed E-state index contributed by atoms with van der Waals surface area (Å²) in [6, 6.07) is 8.61. The molecular formula is C24H26ClN7O. The molecule has 0 amide bonds. The Bertz CT molecular complexity index is 1470. The Morgan fingerprint density at radius 3 is 2.64 bits per heavy atom. The molecule has 0 spiro atoms. The molecule has 0 aliphatic carbocycles. The predicted octanol–water partition coefficient (Wildman–Crippen LogP) is 3.26. The number of nitrogens with one attached hydrogen (secondary N) is 1. The molecule has 2 saturated heterocycles. The summed E-state index contributed by atoms with van der Waals surface area (Å²) >= 11 is 6.85. The average molecular weight is 464 g/mol. The third-order valence-corrected chi connectivity index (χ3v) is 7.62. The number of nitrogens with zero attached hydrogens (tertiary/aromatic N) is 5. The van der Waals surface area contributed by atoms with Gasteiger partial charge in [-0.2, -0.15) is 4.98 Å². The monoisotopic (exact) mass is 463 g/mol. The van der Waals surface area contributed by atoms with Gasteiger partial charge in [-0.15, -0.1) is 0 Å². The van der Waals surface area contributed by atoms with Gasteiger partial charge in [0.15, 0.2) is 0 Å². The molecule has 5 heterocycles. The first-order chi connectivity index (χ1) is 15.8. The van der Waals surface area contributed by atoms with Crippen molar-refractivity contribution in [3.8, 4) is 11.1 Å². The normalized spacial score (nSPS) is 22.1. The van der Waals surface area contributed by atoms with Gasteiger partial charge in [0.25, 0.3) is 5.56 Å². The van der Waals surface area contributed by atoms with E-state index in [2.05, 4.69) is 9.88 Å². The van der Waals surface area contributed by atoms with Gasteiger partial charge in [0.1, 0.15) is 11.5 Å². The number of anilines is 2. The van der Waals surface area contributed by atoms with Crippen molar-refractivity contribution < 1.29 is 0 Å². The van der Waals surface area contributed by atoms with Gasteiger partial charge >= 0.3 is 0 Å². The standard InChI is InChI=1S/C24H26ClN7O/c1-30(2)18-9-5-12-4-7-14(20(25)21(12)28-18)15-11-27-22-19(15)23(33)31(3)24(29-22)32-13-6-8-17(32)16(26)10-13/h4-5,7,9,11,13,16-17,27H,6,8,10,26H2,1-3H3/t13-,16+,17+/m0/s1. The van der Waals surface area contributed by atoms with E-state index in [9.17, 15) is 4.79 Å². The zero-order valence-electron chi connectivity index (χ0n) is 18.8. The number of halogens is 1. The summed E-state index contributed by atoms with van der Waals surface area (Å²) in [5.41, 5.74) is 8.99. The molecule has 6 rings (SSSR count). The number of H-pyrrole nitrogens is 1. The van der Waals surface area contributed by atoms with E-state index in [1.165, 1.54) is 0 Å². The van der Waals surface area contributed by atoms with Crippen LogP contribution in [0.25, 0.3) is 33.1 Å². The van der Waals surface area contributed by atoms with Gasteiger partial charge in [-0.1, -0.05) is 23.7 Å². The van der Waals surface area contributed by atoms with Gasteiger partial charge in [-0.25, -0.2) is 4.98 Å². The highest BCUT2D eigenvalue weighted by Crippen LogP contribution is 2.41. The van der Waals surface area contributed by atoms with Crippen LogP contribution in [0.1, 0.15) is 19.3 Å². The lowest BCUT2D eigenvalue weighted by molar-refractivity contribution is 0.503. The molecule has 3 N–H and O–H groups in total. The number of aromatic nitrogens is 4. The van der Waals surface area contributed by atoms with Crippen molar-refractivity contribution in [1.29, 1.82) is 0 Å². The summed E-state index contributed by atoms with van der Waals surface area (Å²) in [7, 11) is 5.67. The number of benzene rings is 1. The molecule has 0 radical (unpaired) electrons. The highest BCUT2D eigenvalue weighted by molar-refractivity contribution is 6.38. The summed E-state index contributed by atoms with van der Waals surface area (Å²) in [5, 5.41) is 2.00. The van der Waals surface area contributed by atoms with Crippen LogP contribution in [0, 0.1) is 0 Å². The van der Waals surface area contributed by atoms with Crippen LogP contribution in [0.3, 0.4) is 0 Å². The number of hydrogen-bond donors (Lipinski definition) is 2. The molecule has 170 valence electrons. The molecular weight excluding hydrogens is 438 g/mol. The Morgan fingerprint density at radius 2 is 1.94 bits per heavy atom. The van der Waals surface area contributed by atoms with Crippen LogP contribution in [0.2, 0.25) is 5.02 Å². The van der Waals surface area contributed by atoms with Gasteiger partial charge in [-0.3, -0.25) is 9.36 Å². The van der Waals surface area contributed by atoms with Crippen LogP contribution in [0.15, 0.2) is 35.3 Å². The molecule has 2 fully saturated rings. The van der Waals surface area contributed by atoms with E-state index >= 15 is 0 Å². The molecule has 3 aromatic heterocycles. The van der Waals surface area contributed by atoms with Crippen molar-refractivity contribution in [3.63, 3.8) is 0 Å². The Hall–Kier alpha value is -3.10. The van der Waals surface area contributed by atoms with Gasteiger partial charge < -0.3 is 20.5 Å². The Kier molecular flexibility index (Phi) is 4.47. The number of nitrogens with two attached hydrogens (primary N) is 1. The lowest BCUT2D eigenvalue weighted by atomic mass is 9.97. The Morgan fingerprint density at radius 1 is 1.15 bits per heavy atom. The number of rotatable bonds is 3. The highest BCUT2D eigenvalue weighted by atomic mass is 35.5. The van der Waals surface area contributed by atoms with Crippen LogP contribution in [0.5, 0.6) is 0 Å². The predicted molar refractivity (Wildman–Crippen MR) is 133 cm³/mol. The van der Waals surface area contributed by atoms with Crippen LogP contribution in [-0.4, -0.2) is 51.7 Å². The highest BCUT2D eigenvalue weighted by Gasteiger charge is 2.46. The third-order valence-electron chi connectivity index (χ3n) is 7.24. The summed E-state index contributed by atoms with van der Waals surface area (Å²) in [5.74, 6) is 1.50. The second kappa shape index (κ2) is 7.20. The topological polar surface area (TPSA) is 96.1 Å². The van der Waals surface area contributed by atoms with Crippen molar-refractivity contribution in [2.75, 3.05) is 23.9 Å². The average Bonchev–Trinajstić information content (AvgIpc) is 3.48. The smallest absolute Gasteiger partial charge is 0.264 e. The van der Waals surface area contributed by atoms with Gasteiger partial charge in [0.05, 0.1) is 15.9 Å². The molecule has 4 aromatic rings. The van der Waals surface area contributed by atoms with Gasteiger partial charge in [0.2, 0.25) is 5.95 Å². The van der Waals surface area contributed by atoms with E-state index in [4.69, 9.17) is 27.3 Å². The molecule has 33 heavy (non-hydrogen) atoms. The molecule has 0 saturated carbocycles. The van der Waals surface area contributed by atoms with Crippen LogP contribution >= 0.6 is 11.6 Å². The molecule has 8 nitrogen and oxygen atoms in total. The van der Waals surface area contributed by atoms with Crippen molar-refractivity contribution in [3.05, 3.63) is 45.8 Å². The molecule has 3 atom stereocenters. The largest absolute Gasteiger partial charge is 0.363 e. The van der Waals surface area contributed by atoms with E-state index in [0.717, 1.165) is 41.6 Å². The number of hydrogen-bond acceptors (Lipinski definition) is 6. The van der Waals surface area contributed by atoms with E-state index in [1.54, 1.807) is 11.6 Å². The van der Waals surface area contributed by atoms with Crippen molar-refractivity contribution in [2.45, 2.75) is 37.4 Å². The fraction of sp³-hybridized carbons (Fsp3) is 0.375. The fourth-order valence-corrected chi connectivity index (χ4v) is 5.86. The summed E-state index contributed by atoms with van der Waals surface area (Å²) in [6.45, 7) is 0. The lowest BCUT2D eigenvalue weighted by Gasteiger charge is -2.25. The quantitative estimate of drug-likeness (QED) is 0.484. The van der Waals surface area contributed by atoms with Crippen LogP contribution in [-0.2, 0) is 7.05 Å². The van der Waals surface area contributed by atoms with E-state index in [-0.39, 0.29) is 17.6 Å². The maximum atomic E-state index is 13.6. The van der Waals surface area contributed by atoms with Crippen LogP contribution in [0.4, 0.5) is 11.8 Å². The first-order valence-electron chi connectivity index (χ1n) is 11.2. The van der Waals surface area contributed by atoms with Gasteiger partial charge in [0, 0.05) is 62.0 Å². The molecule has 1 aromatic carbocycles. The van der Waals surface area contributed by atoms with E-state index in [1.807, 2.05) is 49.5 Å². The summed E-state index contributed by atoms with van der Waals surface area (Å²) in [6.07, 6.45) is 4.90. The second-order valence-electron chi connectivity index (χ2n) is 9.37. The maximum absolute atomic E-state index is 13.6. The Labute approximate surface area is 196 Å². The minimum Gasteiger partial charge on any atom is -0.363 e. The Balaban J connectivity index is 1.52. The van der Waals surface area contributed by atoms with E-state index in [0.29, 0.717) is 33.6 Å². The van der Waals surface area contributed by atoms with Crippen molar-refractivity contribution >= 4 is 45.3 Å². The number of pyridine rings is 1. The molecule has 2 aliphatic heterocycles. The maximum Gasteiger partial charge on any atom is 0.264 e. The fourth-order valence-electron chi connectivity index (χ4n) is 5.54. The number of aromatic amines is 1. The first kappa shape index (κ1) is 20.5. The third kappa shape index (κ3) is 2.90. The molecule has 2 bridgehead atoms. The molecule has 0 unspecified atom stereocenters. The number of fused-ring (bicyclic) bond motifs is 4. The SMILES string of the molecule is CN(C)c1ccc2ccc(-c3c[nH]c4nc(N5[C@H]6CC[C@@H]5[C@H](N)C6)n(C)c(=O)c34)c(Cl)c2n1. The zero-order chi connectivity index (χ0) is 23.0. The summed E-state index contributed by atoms with van der Waals surface area (Å²) in [4.78, 5) is 30.6. The molecule has 2 aliphatic rings. The van der Waals surface area contributed by atoms with Crippen LogP contribution < -0.4 is 21.1 Å². The minimum atomic E-state index is -0.0997. The van der Waals surface area contributed by atoms with Crippen molar-refractivity contribution in [2.24, 2.45) is 12.8 Å². The van der Waals surface area contributed by atoms with E-state index < -0.39 is 0 Å². The summed E-state index contributed by atoms with van der Waals surface area (Å²) < 4.78 is 1.65. The van der Waals surface area contributed by atoms with Crippen molar-refractivity contribution in [1.82, 2.24) is 19.5 Å². The molecule has 9 heteroatoms. The lowest BCUT2D eigenvalue weighted by Crippen LogP contribution is -2.40. The minimum absolute atomic E-state index is 0.0997. The van der Waals surface area contributed by atoms with Gasteiger partial charge in [-0.05, 0) is 31.4 Å². The first-order valence-corrected chi connectivity index (χ1v) is 11.6.